The van der Waals surface area contributed by atoms with Crippen LogP contribution in [0.1, 0.15) is 19.8 Å². The monoisotopic (exact) mass is 1770 g/mol. The SMILES string of the molecule is CCCCN(C)C.CN(C)CCN.CN(C)CCN(C)c1nc2ccccc2c2c1[nH]c(=O)n2CCN(C)C.CN(C)CCNc1c(N)c(N(C)CCN(C)C)nc2ccccc12.CN(C)CCNc1c([N+](=O)[O-])c(Cl)nc2ccccc12.CN(C)CCNc1c([N+](=O)[O-])c(N(C)CCN(C)C)nc2ccccc12.O=[N+]([O-])c1c(Cl)nc2ccccc2c1Cl. The van der Waals surface area contributed by atoms with Gasteiger partial charge in [-0.1, -0.05) is 139 Å². The van der Waals surface area contributed by atoms with Gasteiger partial charge in [0.15, 0.2) is 11.6 Å². The molecule has 8 N–H and O–H groups in total. The van der Waals surface area contributed by atoms with Gasteiger partial charge in [-0.25, -0.2) is 29.7 Å². The maximum absolute atomic E-state index is 12.7. The molecule has 0 aliphatic heterocycles. The van der Waals surface area contributed by atoms with E-state index in [1.165, 1.54) is 19.4 Å². The number of rotatable bonds is 35. The van der Waals surface area contributed by atoms with E-state index in [0.717, 1.165) is 140 Å². The van der Waals surface area contributed by atoms with E-state index in [9.17, 15) is 35.1 Å². The molecule has 0 aliphatic rings. The summed E-state index contributed by atoms with van der Waals surface area (Å²) in [7, 11) is 42.3. The van der Waals surface area contributed by atoms with E-state index in [0.29, 0.717) is 70.9 Å². The zero-order chi connectivity index (χ0) is 92.2. The highest BCUT2D eigenvalue weighted by molar-refractivity contribution is 6.41. The maximum Gasteiger partial charge on any atom is 0.335 e. The largest absolute Gasteiger partial charge is 0.394 e. The molecule has 11 aromatic rings. The van der Waals surface area contributed by atoms with Gasteiger partial charge >= 0.3 is 22.8 Å². The van der Waals surface area contributed by atoms with E-state index in [1.807, 2.05) is 195 Å². The lowest BCUT2D eigenvalue weighted by Crippen LogP contribution is -2.30. The Hall–Kier alpha value is -10.3. The molecule has 0 bridgehead atoms. The number of imidazole rings is 1. The summed E-state index contributed by atoms with van der Waals surface area (Å²) in [6.45, 7) is 16.1. The Morgan fingerprint density at radius 2 is 0.710 bits per heavy atom. The van der Waals surface area contributed by atoms with Crippen LogP contribution in [0.3, 0.4) is 0 Å². The second-order valence-electron chi connectivity index (χ2n) is 32.1. The molecule has 0 radical (unpaired) electrons. The molecule has 678 valence electrons. The van der Waals surface area contributed by atoms with Crippen molar-refractivity contribution in [2.75, 3.05) is 289 Å². The van der Waals surface area contributed by atoms with Crippen molar-refractivity contribution in [2.24, 2.45) is 5.73 Å². The molecule has 5 aromatic carbocycles. The highest BCUT2D eigenvalue weighted by Crippen LogP contribution is 2.42. The van der Waals surface area contributed by atoms with Crippen LogP contribution >= 0.6 is 34.8 Å². The van der Waals surface area contributed by atoms with Gasteiger partial charge in [0, 0.05) is 153 Å². The maximum atomic E-state index is 12.7. The Morgan fingerprint density at radius 1 is 0.387 bits per heavy atom. The van der Waals surface area contributed by atoms with E-state index in [4.69, 9.17) is 56.2 Å². The molecule has 0 aliphatic carbocycles. The van der Waals surface area contributed by atoms with E-state index in [-0.39, 0.29) is 43.0 Å². The van der Waals surface area contributed by atoms with E-state index >= 15 is 0 Å². The number of unbranched alkanes of at least 4 members (excludes halogenated alkanes) is 1. The van der Waals surface area contributed by atoms with Crippen molar-refractivity contribution in [3.8, 4) is 0 Å². The van der Waals surface area contributed by atoms with Crippen molar-refractivity contribution in [2.45, 2.75) is 26.3 Å². The molecule has 6 aromatic heterocycles. The van der Waals surface area contributed by atoms with E-state index in [2.05, 4.69) is 144 Å². The number of fused-ring (bicyclic) bond motifs is 7. The van der Waals surface area contributed by atoms with Crippen molar-refractivity contribution in [3.63, 3.8) is 0 Å². The van der Waals surface area contributed by atoms with Gasteiger partial charge in [0.25, 0.3) is 0 Å². The predicted octanol–water partition coefficient (Wildman–Crippen LogP) is 12.4. The number of benzene rings is 5. The van der Waals surface area contributed by atoms with Crippen molar-refractivity contribution >= 4 is 158 Å². The third kappa shape index (κ3) is 32.3. The molecular weight excluding hydrogens is 1640 g/mol. The molecule has 0 fully saturated rings. The molecule has 0 amide bonds. The smallest absolute Gasteiger partial charge is 0.335 e. The van der Waals surface area contributed by atoms with Gasteiger partial charge in [-0.05, 0) is 170 Å². The van der Waals surface area contributed by atoms with Crippen LogP contribution in [0.4, 0.5) is 57.3 Å². The molecule has 0 unspecified atom stereocenters. The number of nitrogens with zero attached hydrogens (tertiary/aromatic N) is 21. The van der Waals surface area contributed by atoms with Crippen molar-refractivity contribution in [1.29, 1.82) is 0 Å². The molecule has 0 spiro atoms. The number of pyridine rings is 5. The Labute approximate surface area is 745 Å². The normalized spacial score (nSPS) is 11.2. The summed E-state index contributed by atoms with van der Waals surface area (Å²) in [5.74, 6) is 2.05. The summed E-state index contributed by atoms with van der Waals surface area (Å²) in [5.41, 5.74) is 19.3. The molecule has 37 heteroatoms. The lowest BCUT2D eigenvalue weighted by molar-refractivity contribution is -0.384. The standard InChI is InChI=1S/C19H28N6O.C18H28N6O2.C18H30N6.C13H15ClN4O2.C9H4Cl2N2O2.C6H15N.C4H12N2/c1-22(2)10-12-24(5)18-16-17(14-8-6-7-9-15(14)20-18)25(19(26)21-16)13-11-23(3)4;1-21(2)11-10-19-16-14-8-6-7-9-15(14)20-18(17(16)24(25)26)23(5)13-12-22(3)4;1-22(2)11-10-20-17-14-8-6-7-9-15(14)21-18(16(17)19)24(5)13-12-23(3)4;1-17(2)8-7-15-11-9-5-3-4-6-10(9)16-13(14)12(11)18(19)20;10-7-5-3-1-2-4-6(5)12-9(11)8(7)13(14)15;1-4-5-6-7(2)3;1-6(2)4-3-5/h6-9H,10-13H2,1-5H3,(H,21,26);6-9H,10-13H2,1-5H3,(H,19,20);6-9H,10-13,19H2,1-5H3,(H,20,21);3-6H,7-8H2,1-2H3,(H,15,16);1-4H;4-6H2,1-3H3;3-5H2,1-2H3. The molecule has 124 heavy (non-hydrogen) atoms. The number of nitro groups is 3. The molecule has 6 heterocycles. The molecule has 0 saturated heterocycles. The first kappa shape index (κ1) is 104. The Kier molecular flexibility index (Phi) is 44.1. The number of nitrogens with one attached hydrogen (secondary N) is 4. The average Bonchev–Trinajstić information content (AvgIpc) is 1.60. The number of anilines is 7. The van der Waals surface area contributed by atoms with E-state index < -0.39 is 9.85 Å². The quantitative estimate of drug-likeness (QED) is 0.0122. The van der Waals surface area contributed by atoms with Crippen LogP contribution in [-0.2, 0) is 6.54 Å². The molecular formula is C87H132Cl3N27O7. The summed E-state index contributed by atoms with van der Waals surface area (Å²) in [6.07, 6.45) is 2.63. The fourth-order valence-electron chi connectivity index (χ4n) is 12.3. The second kappa shape index (κ2) is 52.5. The number of likely N-dealkylation sites (N-methyl/N-ethyl adjacent to an activating group) is 11. The van der Waals surface area contributed by atoms with Gasteiger partial charge in [0.05, 0.1) is 59.2 Å². The van der Waals surface area contributed by atoms with Crippen LogP contribution in [0.5, 0.6) is 0 Å². The van der Waals surface area contributed by atoms with Crippen LogP contribution in [0.15, 0.2) is 126 Å². The number of halogens is 3. The number of aromatic amines is 1. The zero-order valence-electron chi connectivity index (χ0n) is 76.5. The van der Waals surface area contributed by atoms with Gasteiger partial charge in [0.1, 0.15) is 21.9 Å². The minimum absolute atomic E-state index is 0.0237. The Bertz CT molecular complexity index is 5250. The van der Waals surface area contributed by atoms with Gasteiger partial charge in [0.2, 0.25) is 16.1 Å². The lowest BCUT2D eigenvalue weighted by atomic mass is 10.1. The first-order valence-corrected chi connectivity index (χ1v) is 42.1. The van der Waals surface area contributed by atoms with Gasteiger partial charge < -0.3 is 91.2 Å². The summed E-state index contributed by atoms with van der Waals surface area (Å²) in [4.78, 5) is 95.2. The number of nitrogens with two attached hydrogens (primary N) is 2. The third-order valence-electron chi connectivity index (χ3n) is 19.1. The average molecular weight is 1770 g/mol. The van der Waals surface area contributed by atoms with Crippen molar-refractivity contribution < 1.29 is 14.8 Å². The summed E-state index contributed by atoms with van der Waals surface area (Å²) >= 11 is 17.5. The second-order valence-corrected chi connectivity index (χ2v) is 33.2. The van der Waals surface area contributed by atoms with Gasteiger partial charge in [-0.2, -0.15) is 0 Å². The minimum Gasteiger partial charge on any atom is -0.394 e. The molecule has 11 rings (SSSR count). The molecule has 0 saturated carbocycles. The lowest BCUT2D eigenvalue weighted by Gasteiger charge is -2.24. The number of aromatic nitrogens is 7. The van der Waals surface area contributed by atoms with Crippen LogP contribution in [-0.4, -0.2) is 346 Å². The van der Waals surface area contributed by atoms with Crippen LogP contribution in [0.25, 0.3) is 65.5 Å². The fraction of sp³-hybridized carbons (Fsp3) is 0.471. The number of hydrogen-bond acceptors (Lipinski definition) is 29. The van der Waals surface area contributed by atoms with Crippen molar-refractivity contribution in [1.82, 2.24) is 78.6 Å². The number of H-pyrrole nitrogens is 1. The highest BCUT2D eigenvalue weighted by Gasteiger charge is 2.29. The Morgan fingerprint density at radius 3 is 1.10 bits per heavy atom. The summed E-state index contributed by atoms with van der Waals surface area (Å²) in [6, 6.07) is 37.7. The number of hydrogen-bond donors (Lipinski definition) is 6. The van der Waals surface area contributed by atoms with Gasteiger partial charge in [-0.3, -0.25) is 34.9 Å². The first-order chi connectivity index (χ1) is 58.7. The first-order valence-electron chi connectivity index (χ1n) is 41.0. The third-order valence-corrected chi connectivity index (χ3v) is 20.0. The van der Waals surface area contributed by atoms with Crippen LogP contribution < -0.4 is 47.8 Å². The minimum atomic E-state index is -0.635. The van der Waals surface area contributed by atoms with Crippen LogP contribution in [0, 0.1) is 30.3 Å². The summed E-state index contributed by atoms with van der Waals surface area (Å²) < 4.78 is 1.84. The number of para-hydroxylation sites is 5. The van der Waals surface area contributed by atoms with Crippen LogP contribution in [0.2, 0.25) is 15.3 Å². The zero-order valence-corrected chi connectivity index (χ0v) is 78.8. The highest BCUT2D eigenvalue weighted by atomic mass is 35.5. The van der Waals surface area contributed by atoms with Gasteiger partial charge in [-0.15, -0.1) is 0 Å². The predicted molar refractivity (Wildman–Crippen MR) is 520 cm³/mol. The Balaban J connectivity index is 0.000000267. The molecule has 34 nitrogen and oxygen atoms in total. The van der Waals surface area contributed by atoms with Crippen molar-refractivity contribution in [3.05, 3.63) is 177 Å². The molecule has 0 atom stereocenters. The number of nitrogen functional groups attached to an aromatic ring is 1. The topological polar surface area (TPSA) is 359 Å². The van der Waals surface area contributed by atoms with E-state index in [1.54, 1.807) is 36.4 Å². The summed E-state index contributed by atoms with van der Waals surface area (Å²) in [5, 5.41) is 47.5. The fourth-order valence-corrected chi connectivity index (χ4v) is 13.1.